The lowest BCUT2D eigenvalue weighted by Gasteiger charge is -2.35. The first kappa shape index (κ1) is 19.6. The molecule has 27 heavy (non-hydrogen) atoms. The normalized spacial score (nSPS) is 19.0. The van der Waals surface area contributed by atoms with Crippen molar-refractivity contribution in [3.05, 3.63) is 53.1 Å². The standard InChI is InChI=1S/C18H13F4IN2O2/c1-4-8-7(2)13(15(21)16(22)14(8)20)9-5-11-12(6-10(9)19)27-18(3,23)17(26)25(11)24/h4-6H,1,24H2,2-3H3. The van der Waals surface area contributed by atoms with E-state index >= 15 is 0 Å². The lowest BCUT2D eigenvalue weighted by atomic mass is 9.93. The molecule has 1 atom stereocenters. The summed E-state index contributed by atoms with van der Waals surface area (Å²) in [5.41, 5.74) is -1.26. The van der Waals surface area contributed by atoms with Crippen LogP contribution in [0, 0.1) is 30.2 Å². The highest BCUT2D eigenvalue weighted by Gasteiger charge is 2.42. The minimum Gasteiger partial charge on any atom is -0.465 e. The minimum absolute atomic E-state index is 0.0331. The topological polar surface area (TPSA) is 55.6 Å². The first-order valence-corrected chi connectivity index (χ1v) is 8.69. The van der Waals surface area contributed by atoms with E-state index in [1.807, 2.05) is 0 Å². The number of anilines is 1. The second kappa shape index (κ2) is 6.48. The van der Waals surface area contributed by atoms with E-state index < -0.39 is 43.9 Å². The van der Waals surface area contributed by atoms with Gasteiger partial charge in [0.25, 0.3) is 5.91 Å². The highest BCUT2D eigenvalue weighted by molar-refractivity contribution is 14.1. The quantitative estimate of drug-likeness (QED) is 0.167. The molecule has 2 aromatic carbocycles. The van der Waals surface area contributed by atoms with Gasteiger partial charge in [0.2, 0.25) is 3.61 Å². The van der Waals surface area contributed by atoms with E-state index in [2.05, 4.69) is 6.58 Å². The first-order chi connectivity index (χ1) is 12.5. The van der Waals surface area contributed by atoms with Gasteiger partial charge in [0.05, 0.1) is 0 Å². The molecule has 0 saturated heterocycles. The van der Waals surface area contributed by atoms with E-state index in [0.29, 0.717) is 0 Å². The maximum atomic E-state index is 14.7. The van der Waals surface area contributed by atoms with Gasteiger partial charge in [-0.25, -0.2) is 28.4 Å². The molecule has 2 aromatic rings. The second-order valence-corrected chi connectivity index (χ2v) is 8.11. The molecule has 142 valence electrons. The van der Waals surface area contributed by atoms with Gasteiger partial charge in [0.15, 0.2) is 17.5 Å². The third-order valence-corrected chi connectivity index (χ3v) is 4.99. The minimum atomic E-state index is -1.75. The number of hydrogen-bond donors (Lipinski definition) is 1. The molecular weight excluding hydrogens is 479 g/mol. The summed E-state index contributed by atoms with van der Waals surface area (Å²) in [7, 11) is 0. The zero-order valence-electron chi connectivity index (χ0n) is 14.2. The Morgan fingerprint density at radius 2 is 1.85 bits per heavy atom. The van der Waals surface area contributed by atoms with Gasteiger partial charge in [-0.15, -0.1) is 0 Å². The fraction of sp³-hybridized carbons (Fsp3) is 0.167. The van der Waals surface area contributed by atoms with Gasteiger partial charge >= 0.3 is 0 Å². The number of fused-ring (bicyclic) bond motifs is 1. The summed E-state index contributed by atoms with van der Waals surface area (Å²) in [6.45, 7) is 6.12. The molecule has 0 radical (unpaired) electrons. The SMILES string of the molecule is C=Cc1c(C)c(-c2cc3c(cc2F)OC(C)(I)C(=O)N3N)c(F)c(F)c1F. The number of hydrogen-bond acceptors (Lipinski definition) is 3. The molecule has 0 saturated carbocycles. The van der Waals surface area contributed by atoms with E-state index in [1.54, 1.807) is 22.6 Å². The predicted molar refractivity (Wildman–Crippen MR) is 101 cm³/mol. The number of halogens is 5. The van der Waals surface area contributed by atoms with Crippen LogP contribution in [0.25, 0.3) is 17.2 Å². The van der Waals surface area contributed by atoms with E-state index in [4.69, 9.17) is 10.6 Å². The first-order valence-electron chi connectivity index (χ1n) is 7.61. The molecule has 0 aromatic heterocycles. The predicted octanol–water partition coefficient (Wildman–Crippen LogP) is 4.61. The maximum absolute atomic E-state index is 14.7. The molecule has 0 fully saturated rings. The van der Waals surface area contributed by atoms with Crippen molar-refractivity contribution in [1.29, 1.82) is 0 Å². The Bertz CT molecular complexity index is 1010. The molecule has 9 heteroatoms. The van der Waals surface area contributed by atoms with Gasteiger partial charge in [-0.05, 0) is 48.1 Å². The van der Waals surface area contributed by atoms with Crippen molar-refractivity contribution in [2.24, 2.45) is 5.84 Å². The Labute approximate surface area is 165 Å². The summed E-state index contributed by atoms with van der Waals surface area (Å²) in [4.78, 5) is 12.3. The molecule has 1 aliphatic heterocycles. The number of nitrogens with zero attached hydrogens (tertiary/aromatic N) is 1. The fourth-order valence-electron chi connectivity index (χ4n) is 2.93. The monoisotopic (exact) mass is 492 g/mol. The molecule has 4 nitrogen and oxygen atoms in total. The summed E-state index contributed by atoms with van der Waals surface area (Å²) in [5.74, 6) is -0.557. The van der Waals surface area contributed by atoms with Crippen molar-refractivity contribution >= 4 is 40.3 Å². The zero-order valence-corrected chi connectivity index (χ0v) is 16.3. The van der Waals surface area contributed by atoms with Crippen molar-refractivity contribution < 1.29 is 27.1 Å². The van der Waals surface area contributed by atoms with Crippen LogP contribution in [0.5, 0.6) is 5.75 Å². The molecule has 0 spiro atoms. The maximum Gasteiger partial charge on any atom is 0.295 e. The average molecular weight is 492 g/mol. The van der Waals surface area contributed by atoms with Crippen molar-refractivity contribution in [3.63, 3.8) is 0 Å². The molecule has 1 heterocycles. The molecular formula is C18H13F4IN2O2. The molecule has 1 amide bonds. The van der Waals surface area contributed by atoms with Crippen molar-refractivity contribution in [2.75, 3.05) is 5.01 Å². The number of alkyl halides is 1. The number of amides is 1. The lowest BCUT2D eigenvalue weighted by Crippen LogP contribution is -2.53. The molecule has 2 N–H and O–H groups in total. The average Bonchev–Trinajstić information content (AvgIpc) is 2.59. The van der Waals surface area contributed by atoms with Crippen LogP contribution in [0.15, 0.2) is 18.7 Å². The smallest absolute Gasteiger partial charge is 0.295 e. The van der Waals surface area contributed by atoms with Gasteiger partial charge in [0.1, 0.15) is 17.3 Å². The van der Waals surface area contributed by atoms with Crippen molar-refractivity contribution in [3.8, 4) is 16.9 Å². The molecule has 0 bridgehead atoms. The van der Waals surface area contributed by atoms with Crippen LogP contribution in [0.4, 0.5) is 23.2 Å². The summed E-state index contributed by atoms with van der Waals surface area (Å²) in [5, 5.41) is 0.746. The number of rotatable bonds is 2. The Hall–Kier alpha value is -2.14. The second-order valence-electron chi connectivity index (χ2n) is 6.05. The Morgan fingerprint density at radius 1 is 1.22 bits per heavy atom. The van der Waals surface area contributed by atoms with Crippen molar-refractivity contribution in [2.45, 2.75) is 17.5 Å². The molecule has 1 aliphatic rings. The van der Waals surface area contributed by atoms with Gasteiger partial charge in [-0.2, -0.15) is 0 Å². The third-order valence-electron chi connectivity index (χ3n) is 4.30. The van der Waals surface area contributed by atoms with E-state index in [-0.39, 0.29) is 22.6 Å². The Morgan fingerprint density at radius 3 is 2.44 bits per heavy atom. The van der Waals surface area contributed by atoms with E-state index in [1.165, 1.54) is 13.8 Å². The van der Waals surface area contributed by atoms with Gasteiger partial charge in [-0.1, -0.05) is 12.7 Å². The van der Waals surface area contributed by atoms with Gasteiger partial charge in [0, 0.05) is 22.8 Å². The number of nitrogens with two attached hydrogens (primary N) is 1. The largest absolute Gasteiger partial charge is 0.465 e. The van der Waals surface area contributed by atoms with Crippen LogP contribution in [0.1, 0.15) is 18.1 Å². The number of carbonyl (C=O) groups excluding carboxylic acids is 1. The van der Waals surface area contributed by atoms with Crippen LogP contribution in [0.2, 0.25) is 0 Å². The zero-order chi connectivity index (χ0) is 20.3. The molecule has 1 unspecified atom stereocenters. The summed E-state index contributed by atoms with van der Waals surface area (Å²) in [6, 6.07) is 1.98. The number of benzene rings is 2. The summed E-state index contributed by atoms with van der Waals surface area (Å²) < 4.78 is 61.2. The van der Waals surface area contributed by atoms with E-state index in [9.17, 15) is 22.4 Å². The van der Waals surface area contributed by atoms with Gasteiger partial charge < -0.3 is 4.74 Å². The number of hydrazine groups is 1. The van der Waals surface area contributed by atoms with Crippen LogP contribution in [-0.2, 0) is 4.79 Å². The highest BCUT2D eigenvalue weighted by atomic mass is 127. The lowest BCUT2D eigenvalue weighted by molar-refractivity contribution is -0.126. The number of carbonyl (C=O) groups is 1. The van der Waals surface area contributed by atoms with Crippen LogP contribution in [0.3, 0.4) is 0 Å². The summed E-state index contributed by atoms with van der Waals surface area (Å²) in [6.07, 6.45) is 1.01. The van der Waals surface area contributed by atoms with Crippen LogP contribution >= 0.6 is 22.6 Å². The molecule has 0 aliphatic carbocycles. The van der Waals surface area contributed by atoms with Crippen LogP contribution in [-0.4, -0.2) is 9.51 Å². The number of ether oxygens (including phenoxy) is 1. The molecule has 3 rings (SSSR count). The Balaban J connectivity index is 2.32. The summed E-state index contributed by atoms with van der Waals surface area (Å²) >= 11 is 1.71. The van der Waals surface area contributed by atoms with Crippen LogP contribution < -0.4 is 15.6 Å². The Kier molecular flexibility index (Phi) is 4.71. The fourth-order valence-corrected chi connectivity index (χ4v) is 3.43. The highest BCUT2D eigenvalue weighted by Crippen LogP contribution is 2.44. The van der Waals surface area contributed by atoms with Gasteiger partial charge in [-0.3, -0.25) is 4.79 Å². The van der Waals surface area contributed by atoms with E-state index in [0.717, 1.165) is 23.2 Å². The third kappa shape index (κ3) is 2.89. The van der Waals surface area contributed by atoms with Crippen molar-refractivity contribution in [1.82, 2.24) is 0 Å².